The van der Waals surface area contributed by atoms with Crippen LogP contribution in [-0.4, -0.2) is 49.4 Å². The van der Waals surface area contributed by atoms with Crippen LogP contribution in [0.2, 0.25) is 0 Å². The van der Waals surface area contributed by atoms with E-state index in [1.807, 2.05) is 18.7 Å². The van der Waals surface area contributed by atoms with Crippen molar-refractivity contribution in [1.82, 2.24) is 9.62 Å². The van der Waals surface area contributed by atoms with Crippen LogP contribution in [0.4, 0.5) is 5.69 Å². The van der Waals surface area contributed by atoms with Gasteiger partial charge in [0, 0.05) is 18.8 Å². The van der Waals surface area contributed by atoms with Gasteiger partial charge in [0.25, 0.3) is 0 Å². The summed E-state index contributed by atoms with van der Waals surface area (Å²) in [5, 5.41) is 2.71. The van der Waals surface area contributed by atoms with E-state index in [-0.39, 0.29) is 16.6 Å². The highest BCUT2D eigenvalue weighted by Gasteiger charge is 2.16. The number of anilines is 1. The zero-order valence-electron chi connectivity index (χ0n) is 14.3. The molecule has 6 nitrogen and oxygen atoms in total. The standard InChI is InChI=1S/C15H23N3O3S3/c1-5-18(6-2)15(22)23-10-14(19)17-12-8-7-11(3)13(9-12)24(20,21)16-4/h7-9,16H,5-6,10H2,1-4H3,(H,17,19). The molecule has 0 aliphatic heterocycles. The molecule has 134 valence electrons. The molecule has 24 heavy (non-hydrogen) atoms. The van der Waals surface area contributed by atoms with Crippen LogP contribution in [0, 0.1) is 6.92 Å². The lowest BCUT2D eigenvalue weighted by Gasteiger charge is -2.20. The number of hydrogen-bond donors (Lipinski definition) is 2. The normalized spacial score (nSPS) is 11.2. The van der Waals surface area contributed by atoms with E-state index in [0.29, 0.717) is 15.6 Å². The lowest BCUT2D eigenvalue weighted by Crippen LogP contribution is -2.28. The molecule has 1 aromatic rings. The maximum Gasteiger partial charge on any atom is 0.240 e. The third-order valence-corrected chi connectivity index (χ3v) is 6.46. The van der Waals surface area contributed by atoms with Crippen molar-refractivity contribution in [1.29, 1.82) is 0 Å². The predicted molar refractivity (Wildman–Crippen MR) is 104 cm³/mol. The Kier molecular flexibility index (Phi) is 8.14. The van der Waals surface area contributed by atoms with Crippen molar-refractivity contribution in [3.05, 3.63) is 23.8 Å². The molecule has 0 heterocycles. The van der Waals surface area contributed by atoms with Gasteiger partial charge in [-0.2, -0.15) is 0 Å². The van der Waals surface area contributed by atoms with E-state index < -0.39 is 10.0 Å². The van der Waals surface area contributed by atoms with E-state index >= 15 is 0 Å². The topological polar surface area (TPSA) is 78.5 Å². The second kappa shape index (κ2) is 9.36. The van der Waals surface area contributed by atoms with Crippen molar-refractivity contribution in [2.24, 2.45) is 0 Å². The largest absolute Gasteiger partial charge is 0.358 e. The molecule has 2 N–H and O–H groups in total. The number of aryl methyl sites for hydroxylation is 1. The third kappa shape index (κ3) is 5.73. The number of amides is 1. The summed E-state index contributed by atoms with van der Waals surface area (Å²) in [5.74, 6) is -0.0525. The number of sulfonamides is 1. The van der Waals surface area contributed by atoms with Gasteiger partial charge in [-0.3, -0.25) is 4.79 Å². The smallest absolute Gasteiger partial charge is 0.240 e. The first-order valence-electron chi connectivity index (χ1n) is 7.50. The van der Waals surface area contributed by atoms with Gasteiger partial charge in [-0.1, -0.05) is 30.0 Å². The van der Waals surface area contributed by atoms with Crippen LogP contribution in [-0.2, 0) is 14.8 Å². The van der Waals surface area contributed by atoms with Crippen molar-refractivity contribution in [3.8, 4) is 0 Å². The van der Waals surface area contributed by atoms with Crippen LogP contribution in [0.25, 0.3) is 0 Å². The monoisotopic (exact) mass is 389 g/mol. The van der Waals surface area contributed by atoms with E-state index in [4.69, 9.17) is 12.2 Å². The zero-order chi connectivity index (χ0) is 18.3. The number of nitrogens with zero attached hydrogens (tertiary/aromatic N) is 1. The van der Waals surface area contributed by atoms with Crippen molar-refractivity contribution < 1.29 is 13.2 Å². The lowest BCUT2D eigenvalue weighted by atomic mass is 10.2. The lowest BCUT2D eigenvalue weighted by molar-refractivity contribution is -0.113. The number of nitrogens with one attached hydrogen (secondary N) is 2. The van der Waals surface area contributed by atoms with Crippen molar-refractivity contribution in [2.45, 2.75) is 25.7 Å². The van der Waals surface area contributed by atoms with Gasteiger partial charge in [-0.05, 0) is 45.5 Å². The number of benzene rings is 1. The van der Waals surface area contributed by atoms with Crippen LogP contribution in [0.1, 0.15) is 19.4 Å². The minimum absolute atomic E-state index is 0.147. The number of hydrogen-bond acceptors (Lipinski definition) is 5. The summed E-state index contributed by atoms with van der Waals surface area (Å²) in [6, 6.07) is 4.79. The highest BCUT2D eigenvalue weighted by molar-refractivity contribution is 8.23. The van der Waals surface area contributed by atoms with E-state index in [0.717, 1.165) is 13.1 Å². The van der Waals surface area contributed by atoms with Gasteiger partial charge in [0.15, 0.2) is 0 Å². The Morgan fingerprint density at radius 2 is 1.92 bits per heavy atom. The molecule has 9 heteroatoms. The van der Waals surface area contributed by atoms with Gasteiger partial charge in [-0.25, -0.2) is 13.1 Å². The number of thiocarbonyl (C=S) groups is 1. The summed E-state index contributed by atoms with van der Waals surface area (Å²) >= 11 is 6.57. The first-order valence-corrected chi connectivity index (χ1v) is 10.4. The first kappa shape index (κ1) is 20.9. The molecule has 0 saturated carbocycles. The number of carbonyl (C=O) groups is 1. The van der Waals surface area contributed by atoms with Crippen LogP contribution < -0.4 is 10.0 Å². The molecule has 0 saturated heterocycles. The maximum atomic E-state index is 12.1. The highest BCUT2D eigenvalue weighted by Crippen LogP contribution is 2.20. The van der Waals surface area contributed by atoms with Crippen LogP contribution >= 0.6 is 24.0 Å². The summed E-state index contributed by atoms with van der Waals surface area (Å²) in [6.45, 7) is 7.31. The Labute approximate surface area is 153 Å². The van der Waals surface area contributed by atoms with E-state index in [9.17, 15) is 13.2 Å². The van der Waals surface area contributed by atoms with Gasteiger partial charge < -0.3 is 10.2 Å². The first-order chi connectivity index (χ1) is 11.2. The molecule has 0 atom stereocenters. The molecule has 1 amide bonds. The molecule has 0 unspecified atom stereocenters. The number of carbonyl (C=O) groups excluding carboxylic acids is 1. The molecule has 0 aliphatic carbocycles. The Morgan fingerprint density at radius 1 is 1.29 bits per heavy atom. The summed E-state index contributed by atoms with van der Waals surface area (Å²) in [4.78, 5) is 14.2. The minimum atomic E-state index is -3.56. The fourth-order valence-electron chi connectivity index (χ4n) is 1.97. The summed E-state index contributed by atoms with van der Waals surface area (Å²) in [6.07, 6.45) is 0. The fourth-order valence-corrected chi connectivity index (χ4v) is 4.17. The Balaban J connectivity index is 2.75. The van der Waals surface area contributed by atoms with Gasteiger partial charge in [0.05, 0.1) is 10.6 Å². The molecular formula is C15H23N3O3S3. The van der Waals surface area contributed by atoms with Gasteiger partial charge in [0.1, 0.15) is 4.32 Å². The molecule has 1 rings (SSSR count). The number of rotatable bonds is 7. The van der Waals surface area contributed by atoms with Gasteiger partial charge in [0.2, 0.25) is 15.9 Å². The predicted octanol–water partition coefficient (Wildman–Crippen LogP) is 2.20. The molecule has 0 bridgehead atoms. The second-order valence-corrected chi connectivity index (χ2v) is 8.43. The Morgan fingerprint density at radius 3 is 2.46 bits per heavy atom. The van der Waals surface area contributed by atoms with Gasteiger partial charge >= 0.3 is 0 Å². The van der Waals surface area contributed by atoms with Crippen LogP contribution in [0.15, 0.2) is 23.1 Å². The zero-order valence-corrected chi connectivity index (χ0v) is 16.7. The molecule has 0 fully saturated rings. The van der Waals surface area contributed by atoms with E-state index in [1.54, 1.807) is 19.1 Å². The fraction of sp³-hybridized carbons (Fsp3) is 0.467. The Bertz CT molecular complexity index is 701. The van der Waals surface area contributed by atoms with Crippen molar-refractivity contribution in [3.63, 3.8) is 0 Å². The molecule has 0 aromatic heterocycles. The Hall–Kier alpha value is -1.16. The minimum Gasteiger partial charge on any atom is -0.358 e. The van der Waals surface area contributed by atoms with E-state index in [2.05, 4.69) is 10.0 Å². The van der Waals surface area contributed by atoms with E-state index in [1.165, 1.54) is 24.9 Å². The van der Waals surface area contributed by atoms with Gasteiger partial charge in [-0.15, -0.1) is 0 Å². The number of thioether (sulfide) groups is 1. The second-order valence-electron chi connectivity index (χ2n) is 4.96. The quantitative estimate of drug-likeness (QED) is 0.696. The summed E-state index contributed by atoms with van der Waals surface area (Å²) < 4.78 is 26.9. The third-order valence-electron chi connectivity index (χ3n) is 3.38. The molecule has 0 radical (unpaired) electrons. The van der Waals surface area contributed by atoms with Crippen molar-refractivity contribution in [2.75, 3.05) is 31.2 Å². The molecule has 0 aliphatic rings. The maximum absolute atomic E-state index is 12.1. The highest BCUT2D eigenvalue weighted by atomic mass is 32.2. The molecule has 1 aromatic carbocycles. The summed E-state index contributed by atoms with van der Waals surface area (Å²) in [7, 11) is -2.21. The average Bonchev–Trinajstić information content (AvgIpc) is 2.55. The average molecular weight is 390 g/mol. The van der Waals surface area contributed by atoms with Crippen molar-refractivity contribution >= 4 is 49.9 Å². The summed E-state index contributed by atoms with van der Waals surface area (Å²) in [5.41, 5.74) is 1.05. The molecular weight excluding hydrogens is 366 g/mol. The molecule has 0 spiro atoms. The van der Waals surface area contributed by atoms with Crippen LogP contribution in [0.3, 0.4) is 0 Å². The van der Waals surface area contributed by atoms with Crippen LogP contribution in [0.5, 0.6) is 0 Å². The SMILES string of the molecule is CCN(CC)C(=S)SCC(=O)Nc1ccc(C)c(S(=O)(=O)NC)c1.